The second kappa shape index (κ2) is 5.96. The molecule has 1 aliphatic carbocycles. The molecule has 3 fully saturated rings. The Hall–Kier alpha value is -1.88. The van der Waals surface area contributed by atoms with Gasteiger partial charge in [0, 0.05) is 43.6 Å². The fourth-order valence-corrected chi connectivity index (χ4v) is 3.61. The first-order valence-electron chi connectivity index (χ1n) is 8.47. The van der Waals surface area contributed by atoms with Crippen LogP contribution in [-0.4, -0.2) is 60.5 Å². The summed E-state index contributed by atoms with van der Waals surface area (Å²) in [6.45, 7) is 3.25. The molecule has 4 rings (SSSR count). The highest BCUT2D eigenvalue weighted by atomic mass is 16.5. The fraction of sp³-hybridized carbons (Fsp3) is 0.556. The summed E-state index contributed by atoms with van der Waals surface area (Å²) >= 11 is 0. The summed E-state index contributed by atoms with van der Waals surface area (Å²) < 4.78 is 5.94. The number of hydrogen-bond acceptors (Lipinski definition) is 3. The minimum absolute atomic E-state index is 0.0572. The zero-order valence-electron chi connectivity index (χ0n) is 13.2. The number of carbonyl (C=O) groups is 2. The van der Waals surface area contributed by atoms with Gasteiger partial charge in [0.25, 0.3) is 5.91 Å². The predicted molar refractivity (Wildman–Crippen MR) is 84.9 cm³/mol. The topological polar surface area (TPSA) is 49.9 Å². The average molecular weight is 314 g/mol. The van der Waals surface area contributed by atoms with Gasteiger partial charge >= 0.3 is 0 Å². The van der Waals surface area contributed by atoms with Crippen molar-refractivity contribution in [1.29, 1.82) is 0 Å². The third-order valence-corrected chi connectivity index (χ3v) is 5.08. The molecule has 0 spiro atoms. The molecule has 0 aromatic heterocycles. The van der Waals surface area contributed by atoms with E-state index in [1.807, 2.05) is 40.1 Å². The highest BCUT2D eigenvalue weighted by molar-refractivity contribution is 5.94. The Bertz CT molecular complexity index is 600. The van der Waals surface area contributed by atoms with Crippen LogP contribution in [0.4, 0.5) is 0 Å². The summed E-state index contributed by atoms with van der Waals surface area (Å²) in [7, 11) is 0. The molecule has 2 aliphatic heterocycles. The van der Waals surface area contributed by atoms with E-state index >= 15 is 0 Å². The monoisotopic (exact) mass is 314 g/mol. The molecule has 1 saturated carbocycles. The largest absolute Gasteiger partial charge is 0.374 e. The second-order valence-corrected chi connectivity index (χ2v) is 6.80. The van der Waals surface area contributed by atoms with Crippen LogP contribution in [0.1, 0.15) is 23.2 Å². The zero-order valence-corrected chi connectivity index (χ0v) is 13.2. The van der Waals surface area contributed by atoms with Crippen LogP contribution in [0.3, 0.4) is 0 Å². The number of hydrogen-bond donors (Lipinski definition) is 0. The van der Waals surface area contributed by atoms with Gasteiger partial charge in [0.05, 0.1) is 12.7 Å². The summed E-state index contributed by atoms with van der Waals surface area (Å²) in [6.07, 6.45) is 2.14. The molecule has 5 heteroatoms. The lowest BCUT2D eigenvalue weighted by Crippen LogP contribution is -2.38. The molecule has 23 heavy (non-hydrogen) atoms. The molecule has 0 radical (unpaired) electrons. The minimum Gasteiger partial charge on any atom is -0.374 e. The number of carbonyl (C=O) groups excluding carboxylic acids is 2. The van der Waals surface area contributed by atoms with E-state index in [0.29, 0.717) is 26.2 Å². The standard InChI is InChI=1S/C18H22N2O3/c21-17(13-4-2-1-3-5-13)19-8-9-23-16-12-20(11-15(16)10-19)18(22)14-6-7-14/h1-5,14-16H,6-12H2/t15-,16+/m0/s1. The molecular formula is C18H22N2O3. The molecule has 2 heterocycles. The van der Waals surface area contributed by atoms with Gasteiger partial charge in [-0.3, -0.25) is 9.59 Å². The van der Waals surface area contributed by atoms with Gasteiger partial charge in [0.15, 0.2) is 0 Å². The third kappa shape index (κ3) is 2.98. The van der Waals surface area contributed by atoms with Crippen molar-refractivity contribution >= 4 is 11.8 Å². The molecule has 0 unspecified atom stereocenters. The maximum Gasteiger partial charge on any atom is 0.253 e. The van der Waals surface area contributed by atoms with Crippen LogP contribution in [0, 0.1) is 11.8 Å². The summed E-state index contributed by atoms with van der Waals surface area (Å²) in [6, 6.07) is 9.38. The zero-order chi connectivity index (χ0) is 15.8. The van der Waals surface area contributed by atoms with E-state index in [9.17, 15) is 9.59 Å². The SMILES string of the molecule is O=C(c1ccccc1)N1CCO[C@@H]2CN(C(=O)C3CC3)C[C@@H]2C1. The number of nitrogens with zero attached hydrogens (tertiary/aromatic N) is 2. The van der Waals surface area contributed by atoms with Crippen molar-refractivity contribution < 1.29 is 14.3 Å². The molecule has 122 valence electrons. The lowest BCUT2D eigenvalue weighted by Gasteiger charge is -2.23. The normalized spacial score (nSPS) is 27.5. The highest BCUT2D eigenvalue weighted by Gasteiger charge is 2.43. The van der Waals surface area contributed by atoms with Crippen LogP contribution in [-0.2, 0) is 9.53 Å². The van der Waals surface area contributed by atoms with Crippen LogP contribution in [0.2, 0.25) is 0 Å². The Kier molecular flexibility index (Phi) is 3.81. The van der Waals surface area contributed by atoms with Gasteiger partial charge in [-0.15, -0.1) is 0 Å². The Labute approximate surface area is 136 Å². The maximum absolute atomic E-state index is 12.7. The Balaban J connectivity index is 1.44. The first kappa shape index (κ1) is 14.7. The summed E-state index contributed by atoms with van der Waals surface area (Å²) in [5.74, 6) is 0.816. The van der Waals surface area contributed by atoms with E-state index < -0.39 is 0 Å². The first-order valence-corrected chi connectivity index (χ1v) is 8.47. The van der Waals surface area contributed by atoms with Crippen LogP contribution in [0.5, 0.6) is 0 Å². The Morgan fingerprint density at radius 3 is 2.48 bits per heavy atom. The summed E-state index contributed by atoms with van der Waals surface area (Å²) in [4.78, 5) is 28.8. The van der Waals surface area contributed by atoms with Gasteiger partial charge in [0.2, 0.25) is 5.91 Å². The Morgan fingerprint density at radius 2 is 1.74 bits per heavy atom. The van der Waals surface area contributed by atoms with Gasteiger partial charge in [-0.2, -0.15) is 0 Å². The number of likely N-dealkylation sites (tertiary alicyclic amines) is 1. The van der Waals surface area contributed by atoms with Gasteiger partial charge in [-0.25, -0.2) is 0 Å². The van der Waals surface area contributed by atoms with E-state index in [1.54, 1.807) is 0 Å². The molecular weight excluding hydrogens is 292 g/mol. The molecule has 2 saturated heterocycles. The smallest absolute Gasteiger partial charge is 0.253 e. The quantitative estimate of drug-likeness (QED) is 0.829. The average Bonchev–Trinajstić information content (AvgIpc) is 3.38. The molecule has 1 aromatic carbocycles. The van der Waals surface area contributed by atoms with Crippen molar-refractivity contribution in [2.75, 3.05) is 32.8 Å². The number of ether oxygens (including phenoxy) is 1. The highest BCUT2D eigenvalue weighted by Crippen LogP contribution is 2.34. The van der Waals surface area contributed by atoms with E-state index in [-0.39, 0.29) is 29.8 Å². The van der Waals surface area contributed by atoms with Crippen molar-refractivity contribution in [3.05, 3.63) is 35.9 Å². The van der Waals surface area contributed by atoms with Crippen molar-refractivity contribution in [3.63, 3.8) is 0 Å². The molecule has 1 aromatic rings. The van der Waals surface area contributed by atoms with E-state index in [4.69, 9.17) is 4.74 Å². The van der Waals surface area contributed by atoms with Gasteiger partial charge < -0.3 is 14.5 Å². The molecule has 0 bridgehead atoms. The van der Waals surface area contributed by atoms with Gasteiger partial charge in [-0.1, -0.05) is 18.2 Å². The number of fused-ring (bicyclic) bond motifs is 1. The van der Waals surface area contributed by atoms with E-state index in [0.717, 1.165) is 24.9 Å². The lowest BCUT2D eigenvalue weighted by atomic mass is 10.1. The second-order valence-electron chi connectivity index (χ2n) is 6.80. The van der Waals surface area contributed by atoms with Crippen LogP contribution < -0.4 is 0 Å². The van der Waals surface area contributed by atoms with Crippen LogP contribution in [0.25, 0.3) is 0 Å². The fourth-order valence-electron chi connectivity index (χ4n) is 3.61. The maximum atomic E-state index is 12.7. The van der Waals surface area contributed by atoms with Crippen molar-refractivity contribution in [2.45, 2.75) is 18.9 Å². The molecule has 2 amide bonds. The van der Waals surface area contributed by atoms with Crippen LogP contribution in [0.15, 0.2) is 30.3 Å². The number of benzene rings is 1. The molecule has 5 nitrogen and oxygen atoms in total. The predicted octanol–water partition coefficient (Wildman–Crippen LogP) is 1.40. The summed E-state index contributed by atoms with van der Waals surface area (Å²) in [5, 5.41) is 0. The van der Waals surface area contributed by atoms with E-state index in [2.05, 4.69) is 0 Å². The van der Waals surface area contributed by atoms with Gasteiger partial charge in [-0.05, 0) is 25.0 Å². The Morgan fingerprint density at radius 1 is 1.00 bits per heavy atom. The summed E-state index contributed by atoms with van der Waals surface area (Å²) in [5.41, 5.74) is 0.717. The minimum atomic E-state index is 0.0572. The van der Waals surface area contributed by atoms with Crippen molar-refractivity contribution in [1.82, 2.24) is 9.80 Å². The van der Waals surface area contributed by atoms with Crippen molar-refractivity contribution in [2.24, 2.45) is 11.8 Å². The molecule has 2 atom stereocenters. The first-order chi connectivity index (χ1) is 11.2. The van der Waals surface area contributed by atoms with Crippen molar-refractivity contribution in [3.8, 4) is 0 Å². The third-order valence-electron chi connectivity index (χ3n) is 5.08. The lowest BCUT2D eigenvalue weighted by molar-refractivity contribution is -0.132. The number of amides is 2. The van der Waals surface area contributed by atoms with Crippen LogP contribution >= 0.6 is 0 Å². The van der Waals surface area contributed by atoms with Gasteiger partial charge in [0.1, 0.15) is 0 Å². The van der Waals surface area contributed by atoms with E-state index in [1.165, 1.54) is 0 Å². The molecule has 3 aliphatic rings. The molecule has 0 N–H and O–H groups in total. The number of rotatable bonds is 2.